The number of nitrogens with zero attached hydrogens (tertiary/aromatic N) is 3. The van der Waals surface area contributed by atoms with Gasteiger partial charge in [0.1, 0.15) is 18.0 Å². The van der Waals surface area contributed by atoms with Crippen LogP contribution in [-0.2, 0) is 6.61 Å². The van der Waals surface area contributed by atoms with Crippen molar-refractivity contribution in [3.63, 3.8) is 0 Å². The van der Waals surface area contributed by atoms with Crippen LogP contribution < -0.4 is 10.1 Å². The fourth-order valence-electron chi connectivity index (χ4n) is 3.24. The molecule has 1 aliphatic heterocycles. The minimum absolute atomic E-state index is 0.0529. The van der Waals surface area contributed by atoms with Crippen molar-refractivity contribution in [2.45, 2.75) is 19.6 Å². The maximum Gasteiger partial charge on any atom is 0.254 e. The molecule has 1 atom stereocenters. The van der Waals surface area contributed by atoms with Gasteiger partial charge < -0.3 is 19.4 Å². The number of piperazine rings is 1. The average Bonchev–Trinajstić information content (AvgIpc) is 3.09. The highest BCUT2D eigenvalue weighted by Gasteiger charge is 2.24. The first-order valence-corrected chi connectivity index (χ1v) is 8.88. The summed E-state index contributed by atoms with van der Waals surface area (Å²) in [4.78, 5) is 19.2. The second-order valence-corrected chi connectivity index (χ2v) is 6.57. The molecule has 1 aromatic carbocycles. The smallest absolute Gasteiger partial charge is 0.254 e. The summed E-state index contributed by atoms with van der Waals surface area (Å²) in [6.07, 6.45) is 3.91. The lowest BCUT2D eigenvalue weighted by Gasteiger charge is -2.34. The van der Waals surface area contributed by atoms with Crippen LogP contribution in [0.1, 0.15) is 23.0 Å². The van der Waals surface area contributed by atoms with E-state index in [4.69, 9.17) is 4.74 Å². The van der Waals surface area contributed by atoms with E-state index in [0.29, 0.717) is 17.9 Å². The van der Waals surface area contributed by atoms with Crippen molar-refractivity contribution in [3.8, 4) is 5.75 Å². The maximum atomic E-state index is 12.8. The van der Waals surface area contributed by atoms with Crippen LogP contribution in [0.3, 0.4) is 0 Å². The standard InChI is InChI=1S/C20H22N4O2/c1-15-12-21-8-10-24(15)20(25)16-5-4-6-18(11-16)26-14-17-13-23-9-3-2-7-19(23)22-17/h2-7,9,11,13,15,21H,8,10,12,14H2,1H3. The summed E-state index contributed by atoms with van der Waals surface area (Å²) in [6, 6.07) is 13.5. The van der Waals surface area contributed by atoms with E-state index in [0.717, 1.165) is 31.0 Å². The zero-order chi connectivity index (χ0) is 17.9. The van der Waals surface area contributed by atoms with Gasteiger partial charge in [0.05, 0.1) is 5.69 Å². The number of hydrogen-bond donors (Lipinski definition) is 1. The summed E-state index contributed by atoms with van der Waals surface area (Å²) in [7, 11) is 0. The van der Waals surface area contributed by atoms with Crippen molar-refractivity contribution < 1.29 is 9.53 Å². The van der Waals surface area contributed by atoms with Crippen LogP contribution in [0.4, 0.5) is 0 Å². The number of aromatic nitrogens is 2. The number of imidazole rings is 1. The fourth-order valence-corrected chi connectivity index (χ4v) is 3.24. The number of amides is 1. The highest BCUT2D eigenvalue weighted by molar-refractivity contribution is 5.94. The Morgan fingerprint density at radius 3 is 3.08 bits per heavy atom. The van der Waals surface area contributed by atoms with Gasteiger partial charge in [-0.05, 0) is 37.3 Å². The molecule has 6 nitrogen and oxygen atoms in total. The van der Waals surface area contributed by atoms with Crippen LogP contribution in [0.5, 0.6) is 5.75 Å². The molecular weight excluding hydrogens is 328 g/mol. The van der Waals surface area contributed by atoms with Crippen LogP contribution in [0.15, 0.2) is 54.9 Å². The molecule has 1 fully saturated rings. The number of fused-ring (bicyclic) bond motifs is 1. The van der Waals surface area contributed by atoms with E-state index < -0.39 is 0 Å². The molecule has 1 amide bonds. The van der Waals surface area contributed by atoms with Crippen molar-refractivity contribution >= 4 is 11.6 Å². The number of carbonyl (C=O) groups excluding carboxylic acids is 1. The Labute approximate surface area is 152 Å². The first-order chi connectivity index (χ1) is 12.7. The van der Waals surface area contributed by atoms with Crippen LogP contribution >= 0.6 is 0 Å². The largest absolute Gasteiger partial charge is 0.487 e. The Bertz CT molecular complexity index is 888. The molecule has 134 valence electrons. The quantitative estimate of drug-likeness (QED) is 0.785. The lowest BCUT2D eigenvalue weighted by molar-refractivity contribution is 0.0655. The molecule has 4 rings (SSSR count). The second kappa shape index (κ2) is 7.17. The molecule has 6 heteroatoms. The topological polar surface area (TPSA) is 58.9 Å². The van der Waals surface area contributed by atoms with E-state index >= 15 is 0 Å². The van der Waals surface area contributed by atoms with Crippen molar-refractivity contribution in [3.05, 3.63) is 66.1 Å². The van der Waals surface area contributed by atoms with Gasteiger partial charge in [0.2, 0.25) is 0 Å². The SMILES string of the molecule is CC1CNCCN1C(=O)c1cccc(OCc2cn3ccccc3n2)c1. The molecule has 1 aliphatic rings. The van der Waals surface area contributed by atoms with E-state index in [1.807, 2.05) is 64.2 Å². The summed E-state index contributed by atoms with van der Waals surface area (Å²) >= 11 is 0. The summed E-state index contributed by atoms with van der Waals surface area (Å²) in [5.41, 5.74) is 2.40. The molecule has 1 saturated heterocycles. The average molecular weight is 350 g/mol. The third kappa shape index (κ3) is 3.41. The number of rotatable bonds is 4. The van der Waals surface area contributed by atoms with Crippen molar-refractivity contribution in [2.75, 3.05) is 19.6 Å². The van der Waals surface area contributed by atoms with E-state index in [9.17, 15) is 4.79 Å². The highest BCUT2D eigenvalue weighted by Crippen LogP contribution is 2.18. The Kier molecular flexibility index (Phi) is 4.58. The molecular formula is C20H22N4O2. The molecule has 1 N–H and O–H groups in total. The maximum absolute atomic E-state index is 12.8. The van der Waals surface area contributed by atoms with Crippen molar-refractivity contribution in [1.29, 1.82) is 0 Å². The number of ether oxygens (including phenoxy) is 1. The second-order valence-electron chi connectivity index (χ2n) is 6.57. The van der Waals surface area contributed by atoms with Gasteiger partial charge in [-0.25, -0.2) is 4.98 Å². The van der Waals surface area contributed by atoms with Gasteiger partial charge >= 0.3 is 0 Å². The van der Waals surface area contributed by atoms with Gasteiger partial charge in [0.15, 0.2) is 0 Å². The monoisotopic (exact) mass is 350 g/mol. The molecule has 0 radical (unpaired) electrons. The van der Waals surface area contributed by atoms with Crippen molar-refractivity contribution in [2.24, 2.45) is 0 Å². The first-order valence-electron chi connectivity index (χ1n) is 8.88. The third-order valence-electron chi connectivity index (χ3n) is 4.64. The number of hydrogen-bond acceptors (Lipinski definition) is 4. The van der Waals surface area contributed by atoms with E-state index in [1.165, 1.54) is 0 Å². The minimum Gasteiger partial charge on any atom is -0.487 e. The Balaban J connectivity index is 1.46. The number of pyridine rings is 1. The number of benzene rings is 1. The fraction of sp³-hybridized carbons (Fsp3) is 0.300. The third-order valence-corrected chi connectivity index (χ3v) is 4.64. The molecule has 0 bridgehead atoms. The van der Waals surface area contributed by atoms with Crippen LogP contribution in [0.25, 0.3) is 5.65 Å². The lowest BCUT2D eigenvalue weighted by atomic mass is 10.1. The lowest BCUT2D eigenvalue weighted by Crippen LogP contribution is -2.52. The van der Waals surface area contributed by atoms with Crippen molar-refractivity contribution in [1.82, 2.24) is 19.6 Å². The van der Waals surface area contributed by atoms with Crippen LogP contribution in [0, 0.1) is 0 Å². The molecule has 3 heterocycles. The molecule has 0 saturated carbocycles. The Morgan fingerprint density at radius 2 is 2.23 bits per heavy atom. The normalized spacial score (nSPS) is 17.4. The van der Waals surface area contributed by atoms with Gasteiger partial charge in [0.25, 0.3) is 5.91 Å². The Hall–Kier alpha value is -2.86. The van der Waals surface area contributed by atoms with Gasteiger partial charge in [-0.3, -0.25) is 4.79 Å². The predicted molar refractivity (Wildman–Crippen MR) is 99.3 cm³/mol. The van der Waals surface area contributed by atoms with Crippen LogP contribution in [0.2, 0.25) is 0 Å². The summed E-state index contributed by atoms with van der Waals surface area (Å²) in [5.74, 6) is 0.730. The zero-order valence-electron chi connectivity index (χ0n) is 14.8. The number of nitrogens with one attached hydrogen (secondary N) is 1. The summed E-state index contributed by atoms with van der Waals surface area (Å²) in [5, 5.41) is 3.30. The predicted octanol–water partition coefficient (Wildman–Crippen LogP) is 2.35. The molecule has 26 heavy (non-hydrogen) atoms. The molecule has 3 aromatic rings. The highest BCUT2D eigenvalue weighted by atomic mass is 16.5. The molecule has 2 aromatic heterocycles. The Morgan fingerprint density at radius 1 is 1.31 bits per heavy atom. The molecule has 1 unspecified atom stereocenters. The summed E-state index contributed by atoms with van der Waals surface area (Å²) < 4.78 is 7.83. The van der Waals surface area contributed by atoms with Crippen LogP contribution in [-0.4, -0.2) is 45.9 Å². The minimum atomic E-state index is 0.0529. The summed E-state index contributed by atoms with van der Waals surface area (Å²) in [6.45, 7) is 4.82. The van der Waals surface area contributed by atoms with E-state index in [2.05, 4.69) is 17.2 Å². The van der Waals surface area contributed by atoms with E-state index in [-0.39, 0.29) is 11.9 Å². The molecule has 0 aliphatic carbocycles. The van der Waals surface area contributed by atoms with Gasteiger partial charge in [0, 0.05) is 43.6 Å². The van der Waals surface area contributed by atoms with E-state index in [1.54, 1.807) is 0 Å². The molecule has 0 spiro atoms. The van der Waals surface area contributed by atoms with Gasteiger partial charge in [-0.1, -0.05) is 12.1 Å². The van der Waals surface area contributed by atoms with Gasteiger partial charge in [-0.2, -0.15) is 0 Å². The van der Waals surface area contributed by atoms with Gasteiger partial charge in [-0.15, -0.1) is 0 Å². The first kappa shape index (κ1) is 16.6. The number of carbonyl (C=O) groups is 1. The zero-order valence-corrected chi connectivity index (χ0v) is 14.8.